The molecule has 1 aliphatic rings. The summed E-state index contributed by atoms with van der Waals surface area (Å²) in [6, 6.07) is 5.56. The van der Waals surface area contributed by atoms with E-state index >= 15 is 0 Å². The average Bonchev–Trinajstić information content (AvgIpc) is 2.96. The number of aromatic hydroxyl groups is 1. The summed E-state index contributed by atoms with van der Waals surface area (Å²) in [5, 5.41) is 10.9. The molecule has 0 saturated heterocycles. The van der Waals surface area contributed by atoms with Crippen molar-refractivity contribution in [2.24, 2.45) is 4.99 Å². The Morgan fingerprint density at radius 2 is 2.11 bits per heavy atom. The number of carbonyl (C=O) groups is 1. The van der Waals surface area contributed by atoms with Gasteiger partial charge in [-0.2, -0.15) is 0 Å². The summed E-state index contributed by atoms with van der Waals surface area (Å²) in [5.74, 6) is -0.177. The Morgan fingerprint density at radius 3 is 2.78 bits per heavy atom. The van der Waals surface area contributed by atoms with Crippen LogP contribution in [0.4, 0.5) is 5.00 Å². The van der Waals surface area contributed by atoms with E-state index in [1.165, 1.54) is 18.4 Å². The number of phenolic OH excluding ortho intramolecular Hbond substituents is 1. The van der Waals surface area contributed by atoms with Gasteiger partial charge in [0.2, 0.25) is 0 Å². The Kier molecular flexibility index (Phi) is 5.40. The summed E-state index contributed by atoms with van der Waals surface area (Å²) in [6.45, 7) is 8.09. The van der Waals surface area contributed by atoms with Gasteiger partial charge in [-0.1, -0.05) is 26.8 Å². The normalized spacial score (nSPS) is 15.1. The quantitative estimate of drug-likeness (QED) is 0.632. The second kappa shape index (κ2) is 7.44. The van der Waals surface area contributed by atoms with Crippen molar-refractivity contribution in [2.75, 3.05) is 20.7 Å². The lowest BCUT2D eigenvalue weighted by Crippen LogP contribution is -2.26. The maximum atomic E-state index is 12.4. The van der Waals surface area contributed by atoms with Crippen molar-refractivity contribution in [1.82, 2.24) is 4.90 Å². The number of likely N-dealkylation sites (N-methyl/N-ethyl adjacent to an activating group) is 1. The summed E-state index contributed by atoms with van der Waals surface area (Å²) in [7, 11) is 3.47. The molecule has 5 nitrogen and oxygen atoms in total. The van der Waals surface area contributed by atoms with Gasteiger partial charge in [0.25, 0.3) is 0 Å². The van der Waals surface area contributed by atoms with Gasteiger partial charge in [-0.05, 0) is 42.1 Å². The molecule has 1 N–H and O–H groups in total. The molecule has 0 unspecified atom stereocenters. The summed E-state index contributed by atoms with van der Waals surface area (Å²) >= 11 is 1.52. The maximum Gasteiger partial charge on any atom is 0.341 e. The first-order valence-corrected chi connectivity index (χ1v) is 9.81. The highest BCUT2D eigenvalue weighted by Crippen LogP contribution is 2.39. The van der Waals surface area contributed by atoms with Gasteiger partial charge in [0.15, 0.2) is 0 Å². The van der Waals surface area contributed by atoms with E-state index in [1.54, 1.807) is 12.3 Å². The zero-order valence-corrected chi connectivity index (χ0v) is 17.3. The van der Waals surface area contributed by atoms with E-state index in [1.807, 2.05) is 12.1 Å². The van der Waals surface area contributed by atoms with Gasteiger partial charge in [0.05, 0.1) is 12.7 Å². The molecule has 0 fully saturated rings. The molecule has 1 aromatic heterocycles. The van der Waals surface area contributed by atoms with Crippen LogP contribution in [-0.4, -0.2) is 42.9 Å². The molecule has 0 bridgehead atoms. The first-order valence-electron chi connectivity index (χ1n) is 8.99. The number of benzene rings is 1. The number of ether oxygens (including phenoxy) is 1. The van der Waals surface area contributed by atoms with Crippen molar-refractivity contribution in [3.05, 3.63) is 45.3 Å². The van der Waals surface area contributed by atoms with Crippen LogP contribution in [0.25, 0.3) is 0 Å². The standard InChI is InChI=1S/C21H26N2O3S/c1-21(2,3)14-6-7-16(24)13(10-14)11-22-19-18(20(25)26-5)15-8-9-23(4)12-17(15)27-19/h6-7,10-11,24H,8-9,12H2,1-5H3/b22-11+. The average molecular weight is 387 g/mol. The lowest BCUT2D eigenvalue weighted by Gasteiger charge is -2.22. The van der Waals surface area contributed by atoms with E-state index in [9.17, 15) is 9.90 Å². The number of phenols is 1. The molecular weight excluding hydrogens is 360 g/mol. The highest BCUT2D eigenvalue weighted by Gasteiger charge is 2.27. The highest BCUT2D eigenvalue weighted by atomic mass is 32.1. The SMILES string of the molecule is COC(=O)c1c(/N=C/c2cc(C(C)(C)C)ccc2O)sc2c1CCN(C)C2. The molecule has 0 amide bonds. The Balaban J connectivity index is 2.02. The number of fused-ring (bicyclic) bond motifs is 1. The minimum Gasteiger partial charge on any atom is -0.507 e. The van der Waals surface area contributed by atoms with Crippen LogP contribution in [0, 0.1) is 0 Å². The van der Waals surface area contributed by atoms with Crippen molar-refractivity contribution < 1.29 is 14.6 Å². The van der Waals surface area contributed by atoms with E-state index in [-0.39, 0.29) is 17.1 Å². The number of rotatable bonds is 3. The lowest BCUT2D eigenvalue weighted by molar-refractivity contribution is 0.0600. The number of nitrogens with zero attached hydrogens (tertiary/aromatic N) is 2. The van der Waals surface area contributed by atoms with E-state index in [0.717, 1.165) is 35.5 Å². The third-order valence-corrected chi connectivity index (χ3v) is 5.96. The van der Waals surface area contributed by atoms with Gasteiger partial charge in [0.1, 0.15) is 10.8 Å². The predicted octanol–water partition coefficient (Wildman–Crippen LogP) is 4.28. The third kappa shape index (κ3) is 4.06. The fourth-order valence-electron chi connectivity index (χ4n) is 3.17. The molecule has 2 aromatic rings. The van der Waals surface area contributed by atoms with Crippen molar-refractivity contribution in [1.29, 1.82) is 0 Å². The molecule has 0 aliphatic carbocycles. The predicted molar refractivity (Wildman–Crippen MR) is 110 cm³/mol. The molecule has 1 aromatic carbocycles. The Morgan fingerprint density at radius 1 is 1.37 bits per heavy atom. The van der Waals surface area contributed by atoms with Gasteiger partial charge in [-0.25, -0.2) is 9.79 Å². The third-order valence-electron chi connectivity index (χ3n) is 4.83. The first kappa shape index (κ1) is 19.6. The molecule has 0 spiro atoms. The van der Waals surface area contributed by atoms with Gasteiger partial charge in [-0.3, -0.25) is 0 Å². The van der Waals surface area contributed by atoms with Gasteiger partial charge in [0, 0.05) is 29.7 Å². The molecule has 6 heteroatoms. The molecule has 144 valence electrons. The van der Waals surface area contributed by atoms with Crippen LogP contribution in [0.1, 0.15) is 52.7 Å². The summed E-state index contributed by atoms with van der Waals surface area (Å²) in [6.07, 6.45) is 2.45. The van der Waals surface area contributed by atoms with Crippen LogP contribution in [0.2, 0.25) is 0 Å². The molecule has 0 saturated carbocycles. The molecule has 0 atom stereocenters. The summed E-state index contributed by atoms with van der Waals surface area (Å²) in [5.41, 5.74) is 3.34. The monoisotopic (exact) mass is 386 g/mol. The van der Waals surface area contributed by atoms with Crippen LogP contribution in [-0.2, 0) is 23.1 Å². The van der Waals surface area contributed by atoms with E-state index < -0.39 is 0 Å². The van der Waals surface area contributed by atoms with Crippen LogP contribution in [0.15, 0.2) is 23.2 Å². The number of hydrogen-bond acceptors (Lipinski definition) is 6. The second-order valence-electron chi connectivity index (χ2n) is 7.95. The molecule has 27 heavy (non-hydrogen) atoms. The molecule has 1 aliphatic heterocycles. The lowest BCUT2D eigenvalue weighted by atomic mass is 9.86. The van der Waals surface area contributed by atoms with Crippen LogP contribution in [0.3, 0.4) is 0 Å². The first-order chi connectivity index (χ1) is 12.7. The molecule has 0 radical (unpaired) electrons. The van der Waals surface area contributed by atoms with Crippen molar-refractivity contribution >= 4 is 28.5 Å². The number of methoxy groups -OCH3 is 1. The molecule has 2 heterocycles. The van der Waals surface area contributed by atoms with Crippen molar-refractivity contribution in [2.45, 2.75) is 39.2 Å². The van der Waals surface area contributed by atoms with Crippen molar-refractivity contribution in [3.8, 4) is 5.75 Å². The largest absolute Gasteiger partial charge is 0.507 e. The minimum absolute atomic E-state index is 0.0277. The topological polar surface area (TPSA) is 62.1 Å². The van der Waals surface area contributed by atoms with E-state index in [2.05, 4.69) is 37.7 Å². The Bertz CT molecular complexity index is 894. The smallest absolute Gasteiger partial charge is 0.341 e. The second-order valence-corrected chi connectivity index (χ2v) is 9.03. The number of thiophene rings is 1. The minimum atomic E-state index is -0.350. The maximum absolute atomic E-state index is 12.4. The van der Waals surface area contributed by atoms with Gasteiger partial charge >= 0.3 is 5.97 Å². The number of esters is 1. The summed E-state index contributed by atoms with van der Waals surface area (Å²) in [4.78, 5) is 20.3. The molecular formula is C21H26N2O3S. The summed E-state index contributed by atoms with van der Waals surface area (Å²) < 4.78 is 5.00. The van der Waals surface area contributed by atoms with Gasteiger partial charge in [-0.15, -0.1) is 11.3 Å². The number of hydrogen-bond donors (Lipinski definition) is 1. The van der Waals surface area contributed by atoms with Crippen LogP contribution in [0.5, 0.6) is 5.75 Å². The Hall–Kier alpha value is -2.18. The van der Waals surface area contributed by atoms with Gasteiger partial charge < -0.3 is 14.7 Å². The molecule has 3 rings (SSSR count). The fraction of sp³-hybridized carbons (Fsp3) is 0.429. The number of carbonyl (C=O) groups excluding carboxylic acids is 1. The van der Waals surface area contributed by atoms with Crippen molar-refractivity contribution in [3.63, 3.8) is 0 Å². The highest BCUT2D eigenvalue weighted by molar-refractivity contribution is 7.16. The van der Waals surface area contributed by atoms with Crippen LogP contribution >= 0.6 is 11.3 Å². The number of aliphatic imine (C=N–C) groups is 1. The van der Waals surface area contributed by atoms with E-state index in [0.29, 0.717) is 16.1 Å². The zero-order chi connectivity index (χ0) is 19.8. The fourth-order valence-corrected chi connectivity index (χ4v) is 4.43. The zero-order valence-electron chi connectivity index (χ0n) is 16.5. The Labute approximate surface area is 164 Å². The van der Waals surface area contributed by atoms with Crippen LogP contribution < -0.4 is 0 Å². The van der Waals surface area contributed by atoms with E-state index in [4.69, 9.17) is 4.74 Å².